The Morgan fingerprint density at radius 3 is 1.70 bits per heavy atom. The molecule has 3 heteroatoms. The highest BCUT2D eigenvalue weighted by Crippen LogP contribution is 2.10. The lowest BCUT2D eigenvalue weighted by Gasteiger charge is -2.15. The van der Waals surface area contributed by atoms with Crippen LogP contribution in [0.25, 0.3) is 0 Å². The standard InChI is InChI=1S/C7H16O.H2O2/c1-4-5-6-7(2,3)8;1-2/h8H,4-6H2,1-3H3;1-2H. The average molecular weight is 150 g/mol. The first-order valence-corrected chi connectivity index (χ1v) is 3.48. The number of aliphatic hydroxyl groups is 1. The number of hydrogen-bond donors (Lipinski definition) is 3. The molecule has 0 aliphatic heterocycles. The quantitative estimate of drug-likeness (QED) is 0.425. The molecule has 3 nitrogen and oxygen atoms in total. The minimum absolute atomic E-state index is 0.448. The molecule has 0 rings (SSSR count). The Balaban J connectivity index is 0. The highest BCUT2D eigenvalue weighted by atomic mass is 17.0. The van der Waals surface area contributed by atoms with Crippen molar-refractivity contribution in [3.63, 3.8) is 0 Å². The Bertz CT molecular complexity index is 56.4. The monoisotopic (exact) mass is 150 g/mol. The van der Waals surface area contributed by atoms with Crippen molar-refractivity contribution in [2.75, 3.05) is 0 Å². The third-order valence-electron chi connectivity index (χ3n) is 1.14. The Kier molecular flexibility index (Phi) is 8.77. The molecule has 0 heterocycles. The van der Waals surface area contributed by atoms with Gasteiger partial charge >= 0.3 is 0 Å². The summed E-state index contributed by atoms with van der Waals surface area (Å²) in [5.41, 5.74) is -0.448. The molecule has 0 radical (unpaired) electrons. The maximum absolute atomic E-state index is 9.15. The van der Waals surface area contributed by atoms with Gasteiger partial charge in [-0.15, -0.1) is 0 Å². The zero-order chi connectivity index (χ0) is 8.62. The third-order valence-corrected chi connectivity index (χ3v) is 1.14. The second-order valence-electron chi connectivity index (χ2n) is 2.92. The summed E-state index contributed by atoms with van der Waals surface area (Å²) in [6.07, 6.45) is 3.22. The lowest BCUT2D eigenvalue weighted by molar-refractivity contribution is -0.176. The van der Waals surface area contributed by atoms with Crippen LogP contribution in [0, 0.1) is 0 Å². The van der Waals surface area contributed by atoms with Gasteiger partial charge in [0.05, 0.1) is 5.60 Å². The van der Waals surface area contributed by atoms with Crippen molar-refractivity contribution in [1.29, 1.82) is 0 Å². The molecule has 3 N–H and O–H groups in total. The first kappa shape index (κ1) is 12.5. The van der Waals surface area contributed by atoms with Crippen LogP contribution in [0.15, 0.2) is 0 Å². The largest absolute Gasteiger partial charge is 0.390 e. The van der Waals surface area contributed by atoms with Crippen molar-refractivity contribution in [3.8, 4) is 0 Å². The fraction of sp³-hybridized carbons (Fsp3) is 1.00. The lowest BCUT2D eigenvalue weighted by atomic mass is 10.0. The molecule has 0 saturated heterocycles. The zero-order valence-electron chi connectivity index (χ0n) is 6.96. The minimum Gasteiger partial charge on any atom is -0.390 e. The molecule has 0 aromatic rings. The van der Waals surface area contributed by atoms with Gasteiger partial charge < -0.3 is 5.11 Å². The van der Waals surface area contributed by atoms with Crippen molar-refractivity contribution in [3.05, 3.63) is 0 Å². The molecule has 64 valence electrons. The van der Waals surface area contributed by atoms with Gasteiger partial charge in [-0.05, 0) is 20.3 Å². The molecule has 0 fully saturated rings. The molecule has 0 aromatic carbocycles. The molecule has 0 aliphatic rings. The van der Waals surface area contributed by atoms with Gasteiger partial charge in [-0.25, -0.2) is 0 Å². The summed E-state index contributed by atoms with van der Waals surface area (Å²) in [5, 5.41) is 21.1. The fourth-order valence-corrected chi connectivity index (χ4v) is 0.609. The summed E-state index contributed by atoms with van der Waals surface area (Å²) in [4.78, 5) is 0. The SMILES string of the molecule is CCCCC(C)(C)O.OO. The molecule has 0 unspecified atom stereocenters. The Morgan fingerprint density at radius 1 is 1.20 bits per heavy atom. The van der Waals surface area contributed by atoms with Crippen molar-refractivity contribution in [2.24, 2.45) is 0 Å². The van der Waals surface area contributed by atoms with E-state index in [1.807, 2.05) is 13.8 Å². The summed E-state index contributed by atoms with van der Waals surface area (Å²) in [7, 11) is 0. The molecule has 0 spiro atoms. The van der Waals surface area contributed by atoms with E-state index in [1.165, 1.54) is 6.42 Å². The second kappa shape index (κ2) is 6.99. The Hall–Kier alpha value is -0.120. The second-order valence-corrected chi connectivity index (χ2v) is 2.92. The van der Waals surface area contributed by atoms with Crippen LogP contribution in [0.4, 0.5) is 0 Å². The smallest absolute Gasteiger partial charge is 0.0591 e. The topological polar surface area (TPSA) is 60.7 Å². The lowest BCUT2D eigenvalue weighted by Crippen LogP contribution is -2.17. The highest BCUT2D eigenvalue weighted by molar-refractivity contribution is 4.63. The third kappa shape index (κ3) is 15.7. The van der Waals surface area contributed by atoms with E-state index in [4.69, 9.17) is 15.6 Å². The highest BCUT2D eigenvalue weighted by Gasteiger charge is 2.09. The molecule has 10 heavy (non-hydrogen) atoms. The molecule has 0 atom stereocenters. The molecule has 0 aliphatic carbocycles. The summed E-state index contributed by atoms with van der Waals surface area (Å²) in [6, 6.07) is 0. The van der Waals surface area contributed by atoms with E-state index in [9.17, 15) is 0 Å². The van der Waals surface area contributed by atoms with Gasteiger partial charge in [-0.3, -0.25) is 10.5 Å². The Labute approximate surface area is 62.2 Å². The summed E-state index contributed by atoms with van der Waals surface area (Å²) in [5.74, 6) is 0. The number of unbranched alkanes of at least 4 members (excludes halogenated alkanes) is 1. The van der Waals surface area contributed by atoms with E-state index < -0.39 is 5.60 Å². The van der Waals surface area contributed by atoms with Crippen LogP contribution in [0.2, 0.25) is 0 Å². The zero-order valence-corrected chi connectivity index (χ0v) is 6.96. The van der Waals surface area contributed by atoms with Crippen LogP contribution in [0.1, 0.15) is 40.0 Å². The van der Waals surface area contributed by atoms with Crippen LogP contribution in [0.3, 0.4) is 0 Å². The van der Waals surface area contributed by atoms with Gasteiger partial charge in [0.2, 0.25) is 0 Å². The van der Waals surface area contributed by atoms with Gasteiger partial charge in [0, 0.05) is 0 Å². The van der Waals surface area contributed by atoms with Crippen molar-refractivity contribution in [1.82, 2.24) is 0 Å². The van der Waals surface area contributed by atoms with Gasteiger partial charge in [0.25, 0.3) is 0 Å². The molecule has 0 aromatic heterocycles. The summed E-state index contributed by atoms with van der Waals surface area (Å²) < 4.78 is 0. The first-order valence-electron chi connectivity index (χ1n) is 3.48. The molecular formula is C7H18O3. The van der Waals surface area contributed by atoms with Crippen LogP contribution in [-0.4, -0.2) is 21.2 Å². The predicted octanol–water partition coefficient (Wildman–Crippen LogP) is 1.96. The number of rotatable bonds is 3. The summed E-state index contributed by atoms with van der Waals surface area (Å²) >= 11 is 0. The van der Waals surface area contributed by atoms with E-state index in [-0.39, 0.29) is 0 Å². The molecule has 0 saturated carbocycles. The van der Waals surface area contributed by atoms with Gasteiger partial charge in [0.1, 0.15) is 0 Å². The van der Waals surface area contributed by atoms with Gasteiger partial charge in [-0.2, -0.15) is 0 Å². The minimum atomic E-state index is -0.448. The van der Waals surface area contributed by atoms with E-state index >= 15 is 0 Å². The van der Waals surface area contributed by atoms with Crippen LogP contribution in [-0.2, 0) is 0 Å². The van der Waals surface area contributed by atoms with Crippen LogP contribution >= 0.6 is 0 Å². The van der Waals surface area contributed by atoms with E-state index in [0.29, 0.717) is 0 Å². The van der Waals surface area contributed by atoms with E-state index in [2.05, 4.69) is 6.92 Å². The van der Waals surface area contributed by atoms with E-state index in [0.717, 1.165) is 12.8 Å². The molecular weight excluding hydrogens is 132 g/mol. The van der Waals surface area contributed by atoms with Crippen LogP contribution < -0.4 is 0 Å². The fourth-order valence-electron chi connectivity index (χ4n) is 0.609. The number of hydrogen-bond acceptors (Lipinski definition) is 3. The van der Waals surface area contributed by atoms with Crippen molar-refractivity contribution in [2.45, 2.75) is 45.6 Å². The first-order chi connectivity index (χ1) is 4.56. The molecule has 0 amide bonds. The average Bonchev–Trinajstić information content (AvgIpc) is 1.87. The maximum Gasteiger partial charge on any atom is 0.0591 e. The van der Waals surface area contributed by atoms with E-state index in [1.54, 1.807) is 0 Å². The van der Waals surface area contributed by atoms with Gasteiger partial charge in [-0.1, -0.05) is 19.8 Å². The van der Waals surface area contributed by atoms with Crippen molar-refractivity contribution < 1.29 is 15.6 Å². The predicted molar refractivity (Wildman–Crippen MR) is 41.1 cm³/mol. The van der Waals surface area contributed by atoms with Crippen molar-refractivity contribution >= 4 is 0 Å². The normalized spacial score (nSPS) is 10.2. The Morgan fingerprint density at radius 2 is 1.60 bits per heavy atom. The summed E-state index contributed by atoms with van der Waals surface area (Å²) in [6.45, 7) is 5.83. The molecule has 0 bridgehead atoms. The van der Waals surface area contributed by atoms with Gasteiger partial charge in [0.15, 0.2) is 0 Å². The maximum atomic E-state index is 9.15. The van der Waals surface area contributed by atoms with Crippen LogP contribution in [0.5, 0.6) is 0 Å².